The Labute approximate surface area is 174 Å². The van der Waals surface area contributed by atoms with Crippen molar-refractivity contribution < 1.29 is 9.59 Å². The summed E-state index contributed by atoms with van der Waals surface area (Å²) in [5.41, 5.74) is -0.381. The minimum atomic E-state index is -0.861. The third kappa shape index (κ3) is 3.52. The quantitative estimate of drug-likeness (QED) is 0.535. The minimum Gasteiger partial charge on any atom is -0.305 e. The van der Waals surface area contributed by atoms with Crippen LogP contribution in [-0.2, 0) is 11.3 Å². The molecule has 0 N–H and O–H groups in total. The molecule has 1 aromatic carbocycles. The van der Waals surface area contributed by atoms with E-state index in [9.17, 15) is 9.59 Å². The van der Waals surface area contributed by atoms with E-state index in [0.29, 0.717) is 19.4 Å². The van der Waals surface area contributed by atoms with Crippen LogP contribution in [-0.4, -0.2) is 56.3 Å². The summed E-state index contributed by atoms with van der Waals surface area (Å²) in [6.45, 7) is 17.7. The molecule has 2 aliphatic rings. The number of imide groups is 1. The summed E-state index contributed by atoms with van der Waals surface area (Å²) in [4.78, 5) is 32.6. The predicted molar refractivity (Wildman–Crippen MR) is 116 cm³/mol. The van der Waals surface area contributed by atoms with Crippen LogP contribution in [0.2, 0.25) is 0 Å². The Kier molecular flexibility index (Phi) is 5.48. The fraction of sp³-hybridized carbons (Fsp3) is 0.500. The second-order valence-electron chi connectivity index (χ2n) is 9.47. The Morgan fingerprint density at radius 2 is 1.48 bits per heavy atom. The molecule has 0 aliphatic carbocycles. The molecule has 0 atom stereocenters. The molecule has 2 saturated heterocycles. The van der Waals surface area contributed by atoms with Crippen LogP contribution in [0.3, 0.4) is 0 Å². The van der Waals surface area contributed by atoms with Crippen molar-refractivity contribution >= 4 is 11.9 Å². The first-order valence-corrected chi connectivity index (χ1v) is 10.3. The van der Waals surface area contributed by atoms with Crippen LogP contribution in [0.5, 0.6) is 0 Å². The number of likely N-dealkylation sites (tertiary alicyclic amines) is 1. The van der Waals surface area contributed by atoms with Gasteiger partial charge in [-0.25, -0.2) is 4.79 Å². The van der Waals surface area contributed by atoms with E-state index in [1.54, 1.807) is 6.08 Å². The maximum Gasteiger partial charge on any atom is 0.328 e. The summed E-state index contributed by atoms with van der Waals surface area (Å²) in [5, 5.41) is 0. The van der Waals surface area contributed by atoms with Crippen LogP contribution in [0.4, 0.5) is 4.79 Å². The van der Waals surface area contributed by atoms with Gasteiger partial charge in [0.25, 0.3) is 5.91 Å². The number of carbonyl (C=O) groups is 2. The highest BCUT2D eigenvalue weighted by Gasteiger charge is 2.64. The molecular formula is C24H33N3O2. The van der Waals surface area contributed by atoms with Crippen molar-refractivity contribution in [3.63, 3.8) is 0 Å². The average molecular weight is 396 g/mol. The number of amides is 3. The van der Waals surface area contributed by atoms with Gasteiger partial charge in [0, 0.05) is 30.7 Å². The Morgan fingerprint density at radius 3 is 2.00 bits per heavy atom. The average Bonchev–Trinajstić information content (AvgIpc) is 2.81. The summed E-state index contributed by atoms with van der Waals surface area (Å²) < 4.78 is 0. The maximum atomic E-state index is 13.7. The molecule has 5 heteroatoms. The zero-order valence-electron chi connectivity index (χ0n) is 18.1. The lowest BCUT2D eigenvalue weighted by molar-refractivity contribution is -0.146. The molecule has 2 fully saturated rings. The fourth-order valence-corrected chi connectivity index (χ4v) is 5.53. The number of rotatable bonds is 6. The topological polar surface area (TPSA) is 43.9 Å². The molecule has 3 rings (SSSR count). The van der Waals surface area contributed by atoms with Gasteiger partial charge >= 0.3 is 6.03 Å². The van der Waals surface area contributed by atoms with E-state index in [1.807, 2.05) is 41.3 Å². The number of carbonyl (C=O) groups excluding carboxylic acids is 2. The fourth-order valence-electron chi connectivity index (χ4n) is 5.53. The molecular weight excluding hydrogens is 362 g/mol. The summed E-state index contributed by atoms with van der Waals surface area (Å²) >= 11 is 0. The van der Waals surface area contributed by atoms with E-state index in [0.717, 1.165) is 12.1 Å². The van der Waals surface area contributed by atoms with E-state index in [4.69, 9.17) is 0 Å². The predicted octanol–water partition coefficient (Wildman–Crippen LogP) is 4.21. The lowest BCUT2D eigenvalue weighted by atomic mass is 9.68. The van der Waals surface area contributed by atoms with Crippen LogP contribution in [0.25, 0.3) is 0 Å². The molecule has 0 bridgehead atoms. The molecule has 156 valence electrons. The van der Waals surface area contributed by atoms with Crippen molar-refractivity contribution in [3.8, 4) is 0 Å². The van der Waals surface area contributed by atoms with Crippen LogP contribution in [0, 0.1) is 0 Å². The molecule has 3 amide bonds. The smallest absolute Gasteiger partial charge is 0.305 e. The Bertz CT molecular complexity index is 795. The minimum absolute atomic E-state index is 0.0993. The molecule has 5 nitrogen and oxygen atoms in total. The van der Waals surface area contributed by atoms with Crippen LogP contribution in [0.1, 0.15) is 46.1 Å². The van der Waals surface area contributed by atoms with Gasteiger partial charge in [0.15, 0.2) is 0 Å². The van der Waals surface area contributed by atoms with Gasteiger partial charge in [0.1, 0.15) is 5.54 Å². The normalized spacial score (nSPS) is 22.9. The lowest BCUT2D eigenvalue weighted by Gasteiger charge is -2.59. The molecule has 1 spiro atoms. The Hall–Kier alpha value is -2.40. The van der Waals surface area contributed by atoms with E-state index in [-0.39, 0.29) is 29.6 Å². The standard InChI is InChI=1S/C24H33N3O2/c1-7-14-25-20(28)24(26(21(25)29)16-19-12-10-9-11-13-19)17-22(3,4)27(15-8-2)23(5,6)18-24/h7-13H,1-2,14-18H2,3-6H3. The van der Waals surface area contributed by atoms with Crippen molar-refractivity contribution in [2.24, 2.45) is 0 Å². The highest BCUT2D eigenvalue weighted by molar-refractivity contribution is 6.07. The van der Waals surface area contributed by atoms with E-state index in [1.165, 1.54) is 4.90 Å². The molecule has 0 aromatic heterocycles. The summed E-state index contributed by atoms with van der Waals surface area (Å²) in [5.74, 6) is -0.0993. The van der Waals surface area contributed by atoms with Gasteiger partial charge in [-0.15, -0.1) is 13.2 Å². The zero-order chi connectivity index (χ0) is 21.4. The number of benzene rings is 1. The van der Waals surface area contributed by atoms with E-state index < -0.39 is 5.54 Å². The summed E-state index contributed by atoms with van der Waals surface area (Å²) in [6.07, 6.45) is 4.71. The number of urea groups is 1. The molecule has 0 saturated carbocycles. The number of hydrogen-bond acceptors (Lipinski definition) is 3. The van der Waals surface area contributed by atoms with Crippen LogP contribution < -0.4 is 0 Å². The van der Waals surface area contributed by atoms with Crippen molar-refractivity contribution in [1.82, 2.24) is 14.7 Å². The Balaban J connectivity index is 2.09. The van der Waals surface area contributed by atoms with Gasteiger partial charge < -0.3 is 4.90 Å². The third-order valence-corrected chi connectivity index (χ3v) is 6.34. The van der Waals surface area contributed by atoms with Gasteiger partial charge in [0.05, 0.1) is 0 Å². The van der Waals surface area contributed by atoms with Crippen molar-refractivity contribution in [2.75, 3.05) is 13.1 Å². The monoisotopic (exact) mass is 395 g/mol. The third-order valence-electron chi connectivity index (χ3n) is 6.34. The number of hydrogen-bond donors (Lipinski definition) is 0. The molecule has 0 unspecified atom stereocenters. The van der Waals surface area contributed by atoms with Gasteiger partial charge in [-0.05, 0) is 46.1 Å². The second kappa shape index (κ2) is 7.45. The van der Waals surface area contributed by atoms with Crippen LogP contribution in [0.15, 0.2) is 55.6 Å². The molecule has 29 heavy (non-hydrogen) atoms. The SMILES string of the molecule is C=CCN1C(=O)N(Cc2ccccc2)C2(CC(C)(C)N(CC=C)C(C)(C)C2)C1=O. The molecule has 0 radical (unpaired) electrons. The molecule has 2 aliphatic heterocycles. The van der Waals surface area contributed by atoms with Crippen LogP contribution >= 0.6 is 0 Å². The van der Waals surface area contributed by atoms with Gasteiger partial charge in [-0.2, -0.15) is 0 Å². The van der Waals surface area contributed by atoms with E-state index >= 15 is 0 Å². The lowest BCUT2D eigenvalue weighted by Crippen LogP contribution is -2.70. The molecule has 2 heterocycles. The van der Waals surface area contributed by atoms with Crippen molar-refractivity contribution in [2.45, 2.75) is 63.7 Å². The summed E-state index contributed by atoms with van der Waals surface area (Å²) in [6, 6.07) is 9.68. The first-order valence-electron chi connectivity index (χ1n) is 10.3. The van der Waals surface area contributed by atoms with Crippen molar-refractivity contribution in [1.29, 1.82) is 0 Å². The summed E-state index contributed by atoms with van der Waals surface area (Å²) in [7, 11) is 0. The largest absolute Gasteiger partial charge is 0.328 e. The number of nitrogens with zero attached hydrogens (tertiary/aromatic N) is 3. The first kappa shape index (κ1) is 21.3. The van der Waals surface area contributed by atoms with E-state index in [2.05, 4.69) is 45.8 Å². The van der Waals surface area contributed by atoms with Gasteiger partial charge in [-0.3, -0.25) is 14.6 Å². The second-order valence-corrected chi connectivity index (χ2v) is 9.47. The number of piperidine rings is 1. The van der Waals surface area contributed by atoms with Gasteiger partial charge in [0.2, 0.25) is 0 Å². The maximum absolute atomic E-state index is 13.7. The van der Waals surface area contributed by atoms with Gasteiger partial charge in [-0.1, -0.05) is 42.5 Å². The Morgan fingerprint density at radius 1 is 0.931 bits per heavy atom. The van der Waals surface area contributed by atoms with Crippen molar-refractivity contribution in [3.05, 3.63) is 61.2 Å². The first-order chi connectivity index (χ1) is 13.6. The highest BCUT2D eigenvalue weighted by atomic mass is 16.2. The highest BCUT2D eigenvalue weighted by Crippen LogP contribution is 2.50. The zero-order valence-corrected chi connectivity index (χ0v) is 18.1. The molecule has 1 aromatic rings.